The highest BCUT2D eigenvalue weighted by Gasteiger charge is 1.98. The molecule has 0 amide bonds. The highest BCUT2D eigenvalue weighted by atomic mass is 35.5. The van der Waals surface area contributed by atoms with Crippen molar-refractivity contribution < 1.29 is 4.79 Å². The summed E-state index contributed by atoms with van der Waals surface area (Å²) in [6.07, 6.45) is 2.19. The van der Waals surface area contributed by atoms with E-state index in [1.165, 1.54) is 6.08 Å². The molecule has 0 N–H and O–H groups in total. The van der Waals surface area contributed by atoms with Crippen molar-refractivity contribution in [3.8, 4) is 0 Å². The molecule has 0 radical (unpaired) electrons. The number of carbonyl (C=O) groups excluding carboxylic acids is 1. The van der Waals surface area contributed by atoms with E-state index in [9.17, 15) is 4.79 Å². The average Bonchev–Trinajstić information content (AvgIpc) is 2.09. The maximum Gasteiger partial charge on any atom is 0.234 e. The Bertz CT molecular complexity index is 343. The van der Waals surface area contributed by atoms with Gasteiger partial charge in [0.15, 0.2) is 0 Å². The van der Waals surface area contributed by atoms with Crippen LogP contribution in [0.3, 0.4) is 0 Å². The molecule has 68 valence electrons. The van der Waals surface area contributed by atoms with Crippen LogP contribution in [0.4, 0.5) is 0 Å². The molecule has 1 aromatic carbocycles. The first kappa shape index (κ1) is 9.97. The average molecular weight is 196 g/mol. The smallest absolute Gasteiger partial charge is 0.211 e. The first-order chi connectivity index (χ1) is 6.24. The van der Waals surface area contributed by atoms with Crippen molar-refractivity contribution in [1.82, 2.24) is 0 Å². The van der Waals surface area contributed by atoms with Crippen LogP contribution < -0.4 is 0 Å². The highest BCUT2D eigenvalue weighted by molar-refractivity contribution is 6.31. The van der Waals surface area contributed by atoms with Crippen LogP contribution in [0.25, 0.3) is 0 Å². The zero-order valence-electron chi connectivity index (χ0n) is 7.38. The van der Waals surface area contributed by atoms with E-state index in [-0.39, 0.29) is 0 Å². The molecule has 2 nitrogen and oxygen atoms in total. The molecule has 1 aromatic rings. The van der Waals surface area contributed by atoms with E-state index in [4.69, 9.17) is 11.6 Å². The molecule has 0 aliphatic carbocycles. The van der Waals surface area contributed by atoms with Gasteiger partial charge in [-0.05, 0) is 30.5 Å². The molecule has 0 spiro atoms. The van der Waals surface area contributed by atoms with Crippen molar-refractivity contribution in [3.63, 3.8) is 0 Å². The van der Waals surface area contributed by atoms with Gasteiger partial charge in [0.25, 0.3) is 0 Å². The van der Waals surface area contributed by atoms with Crippen molar-refractivity contribution in [2.45, 2.75) is 13.3 Å². The lowest BCUT2D eigenvalue weighted by Gasteiger charge is -2.01. The Morgan fingerprint density at radius 2 is 2.31 bits per heavy atom. The fraction of sp³-hybridized carbons (Fsp3) is 0.300. The summed E-state index contributed by atoms with van der Waals surface area (Å²) in [5.41, 5.74) is 2.15. The van der Waals surface area contributed by atoms with Crippen LogP contribution in [0, 0.1) is 6.92 Å². The Morgan fingerprint density at radius 1 is 1.54 bits per heavy atom. The lowest BCUT2D eigenvalue weighted by atomic mass is 10.1. The van der Waals surface area contributed by atoms with Gasteiger partial charge in [0, 0.05) is 5.02 Å². The summed E-state index contributed by atoms with van der Waals surface area (Å²) < 4.78 is 0. The summed E-state index contributed by atoms with van der Waals surface area (Å²) in [5, 5.41) is 0.737. The topological polar surface area (TPSA) is 29.4 Å². The Morgan fingerprint density at radius 3 is 2.92 bits per heavy atom. The van der Waals surface area contributed by atoms with E-state index in [0.717, 1.165) is 16.1 Å². The Kier molecular flexibility index (Phi) is 3.69. The van der Waals surface area contributed by atoms with Crippen LogP contribution >= 0.6 is 11.6 Å². The Hall–Kier alpha value is -1.11. The lowest BCUT2D eigenvalue weighted by molar-refractivity contribution is 0.563. The SMILES string of the molecule is Cc1ccc(CCN=C=O)c(Cl)c1. The maximum atomic E-state index is 9.81. The number of benzene rings is 1. The third kappa shape index (κ3) is 3.02. The predicted molar refractivity (Wildman–Crippen MR) is 52.9 cm³/mol. The number of hydrogen-bond acceptors (Lipinski definition) is 2. The summed E-state index contributed by atoms with van der Waals surface area (Å²) in [6.45, 7) is 2.44. The molecule has 0 bridgehead atoms. The third-order valence-corrected chi connectivity index (χ3v) is 2.12. The quantitative estimate of drug-likeness (QED) is 0.538. The molecule has 0 aliphatic rings. The largest absolute Gasteiger partial charge is 0.234 e. The van der Waals surface area contributed by atoms with Gasteiger partial charge in [-0.1, -0.05) is 23.7 Å². The van der Waals surface area contributed by atoms with Crippen molar-refractivity contribution in [2.75, 3.05) is 6.54 Å². The van der Waals surface area contributed by atoms with Gasteiger partial charge in [-0.2, -0.15) is 0 Å². The maximum absolute atomic E-state index is 9.81. The molecule has 0 saturated heterocycles. The van der Waals surface area contributed by atoms with Crippen molar-refractivity contribution in [2.24, 2.45) is 4.99 Å². The minimum absolute atomic E-state index is 0.451. The number of rotatable bonds is 3. The molecule has 0 fully saturated rings. The van der Waals surface area contributed by atoms with E-state index < -0.39 is 0 Å². The standard InChI is InChI=1S/C10H10ClNO/c1-8-2-3-9(10(11)6-8)4-5-12-7-13/h2-3,6H,4-5H2,1H3. The molecule has 0 unspecified atom stereocenters. The van der Waals surface area contributed by atoms with Crippen molar-refractivity contribution in [3.05, 3.63) is 34.3 Å². The molecule has 0 heterocycles. The first-order valence-corrected chi connectivity index (χ1v) is 4.40. The second kappa shape index (κ2) is 4.80. The summed E-state index contributed by atoms with van der Waals surface area (Å²) in [7, 11) is 0. The van der Waals surface area contributed by atoms with Gasteiger partial charge in [-0.25, -0.2) is 9.79 Å². The highest BCUT2D eigenvalue weighted by Crippen LogP contribution is 2.17. The fourth-order valence-corrected chi connectivity index (χ4v) is 1.41. The van der Waals surface area contributed by atoms with Crippen LogP contribution in [0.5, 0.6) is 0 Å². The van der Waals surface area contributed by atoms with E-state index in [1.807, 2.05) is 25.1 Å². The number of aryl methyl sites for hydroxylation is 1. The van der Waals surface area contributed by atoms with E-state index in [1.54, 1.807) is 0 Å². The van der Waals surface area contributed by atoms with Crippen LogP contribution in [0.2, 0.25) is 5.02 Å². The number of hydrogen-bond donors (Lipinski definition) is 0. The number of isocyanates is 1. The molecular weight excluding hydrogens is 186 g/mol. The molecular formula is C10H10ClNO. The Balaban J connectivity index is 2.71. The molecule has 0 aliphatic heterocycles. The first-order valence-electron chi connectivity index (χ1n) is 4.02. The second-order valence-corrected chi connectivity index (χ2v) is 3.23. The molecule has 1 rings (SSSR count). The Labute approximate surface area is 82.3 Å². The van der Waals surface area contributed by atoms with Gasteiger partial charge in [0.05, 0.1) is 6.54 Å². The summed E-state index contributed by atoms with van der Waals surface area (Å²) in [4.78, 5) is 13.3. The normalized spacial score (nSPS) is 9.38. The van der Waals surface area contributed by atoms with Gasteiger partial charge < -0.3 is 0 Å². The molecule has 0 atom stereocenters. The minimum atomic E-state index is 0.451. The van der Waals surface area contributed by atoms with E-state index in [0.29, 0.717) is 13.0 Å². The number of nitrogens with zero attached hydrogens (tertiary/aromatic N) is 1. The molecule has 13 heavy (non-hydrogen) atoms. The van der Waals surface area contributed by atoms with E-state index in [2.05, 4.69) is 4.99 Å². The van der Waals surface area contributed by atoms with Gasteiger partial charge in [-0.15, -0.1) is 0 Å². The van der Waals surface area contributed by atoms with Crippen molar-refractivity contribution >= 4 is 17.7 Å². The van der Waals surface area contributed by atoms with E-state index >= 15 is 0 Å². The predicted octanol–water partition coefficient (Wildman–Crippen LogP) is 2.53. The van der Waals surface area contributed by atoms with Crippen LogP contribution in [0.1, 0.15) is 11.1 Å². The van der Waals surface area contributed by atoms with Crippen LogP contribution in [0.15, 0.2) is 23.2 Å². The minimum Gasteiger partial charge on any atom is -0.211 e. The van der Waals surface area contributed by atoms with Gasteiger partial charge >= 0.3 is 0 Å². The summed E-state index contributed by atoms with van der Waals surface area (Å²) in [5.74, 6) is 0. The monoisotopic (exact) mass is 195 g/mol. The van der Waals surface area contributed by atoms with Crippen LogP contribution in [-0.4, -0.2) is 12.6 Å². The lowest BCUT2D eigenvalue weighted by Crippen LogP contribution is -1.90. The fourth-order valence-electron chi connectivity index (χ4n) is 1.08. The summed E-state index contributed by atoms with van der Waals surface area (Å²) in [6, 6.07) is 5.85. The van der Waals surface area contributed by atoms with Gasteiger partial charge in [-0.3, -0.25) is 0 Å². The summed E-state index contributed by atoms with van der Waals surface area (Å²) >= 11 is 5.97. The van der Waals surface area contributed by atoms with Gasteiger partial charge in [0.2, 0.25) is 6.08 Å². The molecule has 0 aromatic heterocycles. The zero-order valence-corrected chi connectivity index (χ0v) is 8.14. The zero-order chi connectivity index (χ0) is 9.68. The third-order valence-electron chi connectivity index (χ3n) is 1.77. The number of halogens is 1. The molecule has 3 heteroatoms. The van der Waals surface area contributed by atoms with Crippen molar-refractivity contribution in [1.29, 1.82) is 0 Å². The van der Waals surface area contributed by atoms with Crippen LogP contribution in [-0.2, 0) is 11.2 Å². The number of aliphatic imine (C=N–C) groups is 1. The second-order valence-electron chi connectivity index (χ2n) is 2.82. The van der Waals surface area contributed by atoms with Gasteiger partial charge in [0.1, 0.15) is 0 Å². The molecule has 0 saturated carbocycles.